The van der Waals surface area contributed by atoms with E-state index in [1.165, 1.54) is 37.7 Å². The van der Waals surface area contributed by atoms with Gasteiger partial charge >= 0.3 is 0 Å². The Bertz CT molecular complexity index is 662. The molecule has 1 unspecified atom stereocenters. The maximum Gasteiger partial charge on any atom is 0.119 e. The average Bonchev–Trinajstić information content (AvgIpc) is 2.71. The molecule has 2 aromatic carbocycles. The topological polar surface area (TPSA) is 34.0 Å². The van der Waals surface area contributed by atoms with Crippen molar-refractivity contribution >= 4 is 11.4 Å². The molecule has 0 heterocycles. The lowest BCUT2D eigenvalue weighted by Gasteiger charge is -2.07. The van der Waals surface area contributed by atoms with Crippen LogP contribution in [0.25, 0.3) is 0 Å². The first kappa shape index (κ1) is 21.1. The zero-order chi connectivity index (χ0) is 19.3. The second-order valence-electron chi connectivity index (χ2n) is 7.34. The van der Waals surface area contributed by atoms with Gasteiger partial charge in [0.05, 0.1) is 18.0 Å². The highest BCUT2D eigenvalue weighted by Crippen LogP contribution is 2.22. The van der Waals surface area contributed by atoms with E-state index in [9.17, 15) is 0 Å². The Morgan fingerprint density at radius 2 is 1.37 bits per heavy atom. The van der Waals surface area contributed by atoms with Crippen LogP contribution in [0.15, 0.2) is 58.8 Å². The van der Waals surface area contributed by atoms with Crippen LogP contribution in [0, 0.1) is 5.92 Å². The van der Waals surface area contributed by atoms with E-state index in [2.05, 4.69) is 43.1 Å². The quantitative estimate of drug-likeness (QED) is 0.276. The Labute approximate surface area is 164 Å². The van der Waals surface area contributed by atoms with Crippen molar-refractivity contribution in [3.05, 3.63) is 54.1 Å². The lowest BCUT2D eigenvalue weighted by molar-refractivity contribution is 0.304. The minimum Gasteiger partial charge on any atom is -0.494 e. The van der Waals surface area contributed by atoms with E-state index in [1.807, 2.05) is 36.4 Å². The number of unbranched alkanes of at least 4 members (excludes halogenated alkanes) is 4. The van der Waals surface area contributed by atoms with Crippen LogP contribution in [0.1, 0.15) is 64.9 Å². The number of hydrogen-bond acceptors (Lipinski definition) is 3. The fourth-order valence-corrected chi connectivity index (χ4v) is 2.87. The Hall–Kier alpha value is -2.16. The summed E-state index contributed by atoms with van der Waals surface area (Å²) in [6.07, 6.45) is 8.59. The van der Waals surface area contributed by atoms with Crippen LogP contribution in [0.2, 0.25) is 0 Å². The van der Waals surface area contributed by atoms with Crippen molar-refractivity contribution in [1.82, 2.24) is 0 Å². The Morgan fingerprint density at radius 1 is 0.778 bits per heavy atom. The Balaban J connectivity index is 1.78. The van der Waals surface area contributed by atoms with Crippen LogP contribution in [0.5, 0.6) is 5.75 Å². The van der Waals surface area contributed by atoms with Gasteiger partial charge < -0.3 is 4.74 Å². The summed E-state index contributed by atoms with van der Waals surface area (Å²) >= 11 is 0. The Morgan fingerprint density at radius 3 is 1.96 bits per heavy atom. The summed E-state index contributed by atoms with van der Waals surface area (Å²) in [5, 5.41) is 8.66. The van der Waals surface area contributed by atoms with Gasteiger partial charge in [-0.05, 0) is 60.7 Å². The predicted octanol–water partition coefficient (Wildman–Crippen LogP) is 8.04. The normalized spacial score (nSPS) is 12.4. The lowest BCUT2D eigenvalue weighted by Crippen LogP contribution is -1.96. The molecule has 0 amide bonds. The van der Waals surface area contributed by atoms with Crippen molar-refractivity contribution in [1.29, 1.82) is 0 Å². The molecule has 3 nitrogen and oxygen atoms in total. The molecular weight excluding hydrogens is 332 g/mol. The predicted molar refractivity (Wildman–Crippen MR) is 114 cm³/mol. The highest BCUT2D eigenvalue weighted by molar-refractivity contribution is 5.43. The van der Waals surface area contributed by atoms with Gasteiger partial charge in [-0.25, -0.2) is 0 Å². The molecule has 0 bridgehead atoms. The number of azo groups is 1. The van der Waals surface area contributed by atoms with Crippen molar-refractivity contribution < 1.29 is 4.74 Å². The molecule has 0 N–H and O–H groups in total. The van der Waals surface area contributed by atoms with Crippen LogP contribution < -0.4 is 4.74 Å². The second kappa shape index (κ2) is 12.3. The Kier molecular flexibility index (Phi) is 9.61. The van der Waals surface area contributed by atoms with Crippen molar-refractivity contribution in [2.24, 2.45) is 16.1 Å². The fourth-order valence-electron chi connectivity index (χ4n) is 2.87. The molecule has 146 valence electrons. The molecule has 0 aromatic heterocycles. The largest absolute Gasteiger partial charge is 0.494 e. The summed E-state index contributed by atoms with van der Waals surface area (Å²) in [6.45, 7) is 7.54. The second-order valence-corrected chi connectivity index (χ2v) is 7.34. The van der Waals surface area contributed by atoms with Gasteiger partial charge in [-0.15, -0.1) is 0 Å². The van der Waals surface area contributed by atoms with Gasteiger partial charge in [0.1, 0.15) is 5.75 Å². The van der Waals surface area contributed by atoms with Gasteiger partial charge in [0.2, 0.25) is 0 Å². The van der Waals surface area contributed by atoms with E-state index in [0.717, 1.165) is 42.5 Å². The van der Waals surface area contributed by atoms with Crippen LogP contribution in [0.3, 0.4) is 0 Å². The fraction of sp³-hybridized carbons (Fsp3) is 0.500. The number of benzene rings is 2. The molecule has 0 radical (unpaired) electrons. The first-order valence-electron chi connectivity index (χ1n) is 10.4. The zero-order valence-corrected chi connectivity index (χ0v) is 17.2. The van der Waals surface area contributed by atoms with Crippen LogP contribution in [-0.4, -0.2) is 6.61 Å². The lowest BCUT2D eigenvalue weighted by atomic mass is 9.99. The smallest absolute Gasteiger partial charge is 0.119 e. The first-order chi connectivity index (χ1) is 13.2. The van der Waals surface area contributed by atoms with Gasteiger partial charge in [0.25, 0.3) is 0 Å². The number of nitrogens with zero attached hydrogens (tertiary/aromatic N) is 2. The number of rotatable bonds is 12. The highest BCUT2D eigenvalue weighted by Gasteiger charge is 2.01. The summed E-state index contributed by atoms with van der Waals surface area (Å²) < 4.78 is 5.79. The minimum absolute atomic E-state index is 0.717. The van der Waals surface area contributed by atoms with Crippen molar-refractivity contribution in [3.63, 3.8) is 0 Å². The van der Waals surface area contributed by atoms with Crippen LogP contribution in [0.4, 0.5) is 11.4 Å². The van der Waals surface area contributed by atoms with Crippen molar-refractivity contribution in [3.8, 4) is 5.75 Å². The molecule has 3 heteroatoms. The van der Waals surface area contributed by atoms with Crippen LogP contribution >= 0.6 is 0 Å². The molecule has 2 aromatic rings. The maximum absolute atomic E-state index is 5.79. The SMILES string of the molecule is CCCCCCCOc1ccc(N=Nc2ccc(CC(C)CC)cc2)cc1. The van der Waals surface area contributed by atoms with E-state index in [-0.39, 0.29) is 0 Å². The van der Waals surface area contributed by atoms with E-state index >= 15 is 0 Å². The standard InChI is InChI=1S/C24H34N2O/c1-4-6-7-8-9-18-27-24-16-14-23(15-17-24)26-25-22-12-10-21(11-13-22)19-20(3)5-2/h10-17,20H,4-9,18-19H2,1-3H3. The third-order valence-corrected chi connectivity index (χ3v) is 4.85. The van der Waals surface area contributed by atoms with E-state index in [4.69, 9.17) is 4.74 Å². The van der Waals surface area contributed by atoms with E-state index < -0.39 is 0 Å². The molecular formula is C24H34N2O. The summed E-state index contributed by atoms with van der Waals surface area (Å²) in [7, 11) is 0. The third-order valence-electron chi connectivity index (χ3n) is 4.85. The van der Waals surface area contributed by atoms with Gasteiger partial charge in [-0.1, -0.05) is 65.0 Å². The molecule has 0 spiro atoms. The molecule has 0 aliphatic heterocycles. The monoisotopic (exact) mass is 366 g/mol. The minimum atomic E-state index is 0.717. The first-order valence-corrected chi connectivity index (χ1v) is 10.4. The van der Waals surface area contributed by atoms with Gasteiger partial charge in [-0.2, -0.15) is 10.2 Å². The molecule has 0 fully saturated rings. The average molecular weight is 367 g/mol. The molecule has 0 aliphatic carbocycles. The maximum atomic E-state index is 5.79. The van der Waals surface area contributed by atoms with Crippen LogP contribution in [-0.2, 0) is 6.42 Å². The van der Waals surface area contributed by atoms with E-state index in [0.29, 0.717) is 0 Å². The number of hydrogen-bond donors (Lipinski definition) is 0. The van der Waals surface area contributed by atoms with Crippen molar-refractivity contribution in [2.45, 2.75) is 65.7 Å². The number of ether oxygens (including phenoxy) is 1. The molecule has 0 saturated heterocycles. The summed E-state index contributed by atoms with van der Waals surface area (Å²) in [4.78, 5) is 0. The third kappa shape index (κ3) is 8.38. The van der Waals surface area contributed by atoms with Gasteiger partial charge in [0, 0.05) is 0 Å². The summed E-state index contributed by atoms with van der Waals surface area (Å²) in [5.74, 6) is 1.62. The van der Waals surface area contributed by atoms with Gasteiger partial charge in [-0.3, -0.25) is 0 Å². The summed E-state index contributed by atoms with van der Waals surface area (Å²) in [5.41, 5.74) is 3.09. The molecule has 1 atom stereocenters. The van der Waals surface area contributed by atoms with Crippen molar-refractivity contribution in [2.75, 3.05) is 6.61 Å². The van der Waals surface area contributed by atoms with E-state index in [1.54, 1.807) is 0 Å². The molecule has 27 heavy (non-hydrogen) atoms. The molecule has 0 aliphatic rings. The summed E-state index contributed by atoms with van der Waals surface area (Å²) in [6, 6.07) is 16.2. The molecule has 0 saturated carbocycles. The van der Waals surface area contributed by atoms with Gasteiger partial charge in [0.15, 0.2) is 0 Å². The zero-order valence-electron chi connectivity index (χ0n) is 17.2. The molecule has 2 rings (SSSR count). The highest BCUT2D eigenvalue weighted by atomic mass is 16.5.